The van der Waals surface area contributed by atoms with Crippen molar-refractivity contribution >= 4 is 23.5 Å². The summed E-state index contributed by atoms with van der Waals surface area (Å²) >= 11 is 0. The van der Waals surface area contributed by atoms with E-state index in [4.69, 9.17) is 0 Å². The Morgan fingerprint density at radius 2 is 1.78 bits per heavy atom. The summed E-state index contributed by atoms with van der Waals surface area (Å²) in [5, 5.41) is 0. The SMILES string of the molecule is COC(=O)C1CCCN(CC(=O)N2CCN(c3ccc(F)cc3)CC2)C1=O. The molecule has 0 radical (unpaired) electrons. The van der Waals surface area contributed by atoms with Crippen molar-refractivity contribution in [2.75, 3.05) is 51.3 Å². The molecule has 0 spiro atoms. The summed E-state index contributed by atoms with van der Waals surface area (Å²) in [6.07, 6.45) is 1.14. The Bertz CT molecular complexity index is 701. The summed E-state index contributed by atoms with van der Waals surface area (Å²) in [5.41, 5.74) is 0.927. The van der Waals surface area contributed by atoms with Crippen LogP contribution in [0.25, 0.3) is 0 Å². The van der Waals surface area contributed by atoms with Crippen molar-refractivity contribution in [2.24, 2.45) is 5.92 Å². The second-order valence-electron chi connectivity index (χ2n) is 6.82. The molecular formula is C19H24FN3O4. The van der Waals surface area contributed by atoms with Gasteiger partial charge in [-0.3, -0.25) is 14.4 Å². The van der Waals surface area contributed by atoms with E-state index in [-0.39, 0.29) is 24.2 Å². The number of benzene rings is 1. The van der Waals surface area contributed by atoms with Crippen molar-refractivity contribution in [2.45, 2.75) is 12.8 Å². The molecule has 0 aliphatic carbocycles. The summed E-state index contributed by atoms with van der Waals surface area (Å²) in [5.74, 6) is -2.06. The number of ether oxygens (including phenoxy) is 1. The molecule has 0 bridgehead atoms. The van der Waals surface area contributed by atoms with Gasteiger partial charge in [-0.1, -0.05) is 0 Å². The number of esters is 1. The van der Waals surface area contributed by atoms with Gasteiger partial charge in [-0.25, -0.2) is 4.39 Å². The summed E-state index contributed by atoms with van der Waals surface area (Å²) in [7, 11) is 1.26. The lowest BCUT2D eigenvalue weighted by atomic mass is 9.97. The van der Waals surface area contributed by atoms with Gasteiger partial charge >= 0.3 is 5.97 Å². The average molecular weight is 377 g/mol. The minimum atomic E-state index is -0.799. The van der Waals surface area contributed by atoms with Crippen LogP contribution in [0.1, 0.15) is 12.8 Å². The Balaban J connectivity index is 1.52. The fourth-order valence-electron chi connectivity index (χ4n) is 3.59. The monoisotopic (exact) mass is 377 g/mol. The zero-order valence-electron chi connectivity index (χ0n) is 15.4. The lowest BCUT2D eigenvalue weighted by Gasteiger charge is -2.38. The number of anilines is 1. The number of rotatable bonds is 4. The number of piperazine rings is 1. The second-order valence-corrected chi connectivity index (χ2v) is 6.82. The van der Waals surface area contributed by atoms with Crippen LogP contribution in [0.3, 0.4) is 0 Å². The first-order chi connectivity index (χ1) is 13.0. The Hall–Kier alpha value is -2.64. The maximum atomic E-state index is 13.0. The number of methoxy groups -OCH3 is 1. The van der Waals surface area contributed by atoms with Crippen LogP contribution in [0.2, 0.25) is 0 Å². The highest BCUT2D eigenvalue weighted by Gasteiger charge is 2.36. The fourth-order valence-corrected chi connectivity index (χ4v) is 3.59. The average Bonchev–Trinajstić information content (AvgIpc) is 2.69. The highest BCUT2D eigenvalue weighted by molar-refractivity contribution is 5.99. The molecule has 1 unspecified atom stereocenters. The standard InChI is InChI=1S/C19H24FN3O4/c1-27-19(26)16-3-2-8-23(18(16)25)13-17(24)22-11-9-21(10-12-22)15-6-4-14(20)5-7-15/h4-7,16H,2-3,8-13H2,1H3. The van der Waals surface area contributed by atoms with Crippen molar-refractivity contribution in [1.29, 1.82) is 0 Å². The molecule has 1 aromatic rings. The highest BCUT2D eigenvalue weighted by Crippen LogP contribution is 2.20. The third-order valence-corrected chi connectivity index (χ3v) is 5.17. The van der Waals surface area contributed by atoms with Gasteiger partial charge in [0.2, 0.25) is 11.8 Å². The minimum absolute atomic E-state index is 0.0110. The van der Waals surface area contributed by atoms with Gasteiger partial charge in [0.05, 0.1) is 13.7 Å². The van der Waals surface area contributed by atoms with Crippen LogP contribution in [0, 0.1) is 11.7 Å². The number of carbonyl (C=O) groups is 3. The first-order valence-corrected chi connectivity index (χ1v) is 9.14. The third-order valence-electron chi connectivity index (χ3n) is 5.17. The topological polar surface area (TPSA) is 70.2 Å². The van der Waals surface area contributed by atoms with Crippen LogP contribution in [0.15, 0.2) is 24.3 Å². The van der Waals surface area contributed by atoms with Crippen LogP contribution in [-0.4, -0.2) is 74.0 Å². The molecule has 0 N–H and O–H groups in total. The molecule has 2 aliphatic rings. The van der Waals surface area contributed by atoms with Crippen LogP contribution in [0.4, 0.5) is 10.1 Å². The molecule has 2 aliphatic heterocycles. The van der Waals surface area contributed by atoms with E-state index in [2.05, 4.69) is 9.64 Å². The lowest BCUT2D eigenvalue weighted by Crippen LogP contribution is -2.53. The molecule has 1 aromatic carbocycles. The number of hydrogen-bond donors (Lipinski definition) is 0. The van der Waals surface area contributed by atoms with Crippen LogP contribution in [0.5, 0.6) is 0 Å². The fraction of sp³-hybridized carbons (Fsp3) is 0.526. The van der Waals surface area contributed by atoms with Crippen molar-refractivity contribution in [3.05, 3.63) is 30.1 Å². The summed E-state index contributed by atoms with van der Waals surface area (Å²) in [4.78, 5) is 42.0. The van der Waals surface area contributed by atoms with Crippen molar-refractivity contribution < 1.29 is 23.5 Å². The molecular weight excluding hydrogens is 353 g/mol. The number of likely N-dealkylation sites (tertiary alicyclic amines) is 1. The van der Waals surface area contributed by atoms with E-state index in [1.54, 1.807) is 17.0 Å². The lowest BCUT2D eigenvalue weighted by molar-refractivity contribution is -0.158. The van der Waals surface area contributed by atoms with Gasteiger partial charge in [0, 0.05) is 38.4 Å². The molecule has 8 heteroatoms. The minimum Gasteiger partial charge on any atom is -0.468 e. The van der Waals surface area contributed by atoms with Crippen molar-refractivity contribution in [1.82, 2.24) is 9.80 Å². The van der Waals surface area contributed by atoms with Gasteiger partial charge in [0.25, 0.3) is 0 Å². The summed E-state index contributed by atoms with van der Waals surface area (Å²) in [6, 6.07) is 6.30. The predicted molar refractivity (Wildman–Crippen MR) is 96.5 cm³/mol. The van der Waals surface area contributed by atoms with E-state index in [1.165, 1.54) is 24.1 Å². The quantitative estimate of drug-likeness (QED) is 0.576. The number of nitrogens with zero attached hydrogens (tertiary/aromatic N) is 3. The molecule has 3 rings (SSSR count). The van der Waals surface area contributed by atoms with Gasteiger partial charge in [-0.05, 0) is 37.1 Å². The molecule has 0 aromatic heterocycles. The van der Waals surface area contributed by atoms with Crippen LogP contribution < -0.4 is 4.90 Å². The Morgan fingerprint density at radius 3 is 2.41 bits per heavy atom. The van der Waals surface area contributed by atoms with Gasteiger partial charge in [-0.15, -0.1) is 0 Å². The van der Waals surface area contributed by atoms with E-state index in [9.17, 15) is 18.8 Å². The molecule has 1 atom stereocenters. The Labute approximate surface area is 157 Å². The maximum absolute atomic E-state index is 13.0. The van der Waals surface area contributed by atoms with Crippen LogP contribution >= 0.6 is 0 Å². The Morgan fingerprint density at radius 1 is 1.11 bits per heavy atom. The van der Waals surface area contributed by atoms with E-state index < -0.39 is 11.9 Å². The van der Waals surface area contributed by atoms with Gasteiger partial charge in [0.15, 0.2) is 0 Å². The number of piperidine rings is 1. The molecule has 2 amide bonds. The molecule has 7 nitrogen and oxygen atoms in total. The van der Waals surface area contributed by atoms with Gasteiger partial charge in [0.1, 0.15) is 11.7 Å². The van der Waals surface area contributed by atoms with Crippen LogP contribution in [-0.2, 0) is 19.1 Å². The summed E-state index contributed by atoms with van der Waals surface area (Å²) in [6.45, 7) is 2.85. The normalized spacial score (nSPS) is 20.6. The smallest absolute Gasteiger partial charge is 0.318 e. The molecule has 2 heterocycles. The van der Waals surface area contributed by atoms with Gasteiger partial charge in [-0.2, -0.15) is 0 Å². The molecule has 146 valence electrons. The van der Waals surface area contributed by atoms with E-state index >= 15 is 0 Å². The second kappa shape index (κ2) is 8.37. The largest absolute Gasteiger partial charge is 0.468 e. The highest BCUT2D eigenvalue weighted by atomic mass is 19.1. The first kappa shape index (κ1) is 19.1. The molecule has 0 saturated carbocycles. The third kappa shape index (κ3) is 4.37. The molecule has 2 saturated heterocycles. The number of hydrogen-bond acceptors (Lipinski definition) is 5. The van der Waals surface area contributed by atoms with E-state index in [1.807, 2.05) is 0 Å². The van der Waals surface area contributed by atoms with Gasteiger partial charge < -0.3 is 19.4 Å². The summed E-state index contributed by atoms with van der Waals surface area (Å²) < 4.78 is 17.7. The molecule has 2 fully saturated rings. The van der Waals surface area contributed by atoms with Crippen molar-refractivity contribution in [3.63, 3.8) is 0 Å². The zero-order chi connectivity index (χ0) is 19.4. The number of carbonyl (C=O) groups excluding carboxylic acids is 3. The van der Waals surface area contributed by atoms with E-state index in [0.29, 0.717) is 45.6 Å². The Kier molecular flexibility index (Phi) is 5.93. The maximum Gasteiger partial charge on any atom is 0.318 e. The number of halogens is 1. The number of amides is 2. The van der Waals surface area contributed by atoms with E-state index in [0.717, 1.165) is 5.69 Å². The molecule has 27 heavy (non-hydrogen) atoms. The first-order valence-electron chi connectivity index (χ1n) is 9.14. The van der Waals surface area contributed by atoms with Crippen molar-refractivity contribution in [3.8, 4) is 0 Å². The predicted octanol–water partition coefficient (Wildman–Crippen LogP) is 0.886. The zero-order valence-corrected chi connectivity index (χ0v) is 15.4.